The molecule has 1 aliphatic rings. The van der Waals surface area contributed by atoms with Gasteiger partial charge in [-0.15, -0.1) is 11.3 Å². The molecule has 10 nitrogen and oxygen atoms in total. The highest BCUT2D eigenvalue weighted by atomic mass is 32.1. The van der Waals surface area contributed by atoms with Gasteiger partial charge in [0.2, 0.25) is 5.95 Å². The summed E-state index contributed by atoms with van der Waals surface area (Å²) in [5.74, 6) is 0.489. The van der Waals surface area contributed by atoms with E-state index in [1.165, 1.54) is 11.3 Å². The van der Waals surface area contributed by atoms with Crippen molar-refractivity contribution in [1.29, 1.82) is 0 Å². The summed E-state index contributed by atoms with van der Waals surface area (Å²) in [7, 11) is 0. The third-order valence-corrected chi connectivity index (χ3v) is 7.65. The SMILES string of the molecule is Cc1nc(N[C@H](C)C(C)(C)N)nc(N[C@@H]2C[C@H](CO)[C@@H](O)[C@H]2O)c1-c1nc2c(C)nccc2s1. The number of nitrogens with two attached hydrogens (primary N) is 1. The fraction of sp³-hybridized carbons (Fsp3) is 0.565. The van der Waals surface area contributed by atoms with Crippen LogP contribution in [0.1, 0.15) is 38.6 Å². The lowest BCUT2D eigenvalue weighted by Gasteiger charge is -2.28. The van der Waals surface area contributed by atoms with E-state index in [2.05, 4.69) is 20.6 Å². The maximum Gasteiger partial charge on any atom is 0.225 e. The average molecular weight is 488 g/mol. The van der Waals surface area contributed by atoms with Gasteiger partial charge in [-0.05, 0) is 47.1 Å². The number of nitrogens with one attached hydrogen (secondary N) is 2. The molecular weight excluding hydrogens is 454 g/mol. The summed E-state index contributed by atoms with van der Waals surface area (Å²) in [6.45, 7) is 9.42. The summed E-state index contributed by atoms with van der Waals surface area (Å²) in [5.41, 5.74) is 8.84. The van der Waals surface area contributed by atoms with E-state index in [9.17, 15) is 15.3 Å². The van der Waals surface area contributed by atoms with Gasteiger partial charge in [0.1, 0.15) is 22.4 Å². The number of pyridine rings is 1. The Hall–Kier alpha value is -2.44. The highest BCUT2D eigenvalue weighted by Crippen LogP contribution is 2.38. The minimum absolute atomic E-state index is 0.112. The minimum atomic E-state index is -1.04. The van der Waals surface area contributed by atoms with Crippen molar-refractivity contribution in [3.8, 4) is 10.6 Å². The summed E-state index contributed by atoms with van der Waals surface area (Å²) in [6.07, 6.45) is 0.108. The summed E-state index contributed by atoms with van der Waals surface area (Å²) in [5, 5.41) is 37.8. The molecule has 0 amide bonds. The molecule has 11 heteroatoms. The van der Waals surface area contributed by atoms with Crippen molar-refractivity contribution in [2.45, 2.75) is 70.9 Å². The molecule has 1 aliphatic carbocycles. The molecule has 1 saturated carbocycles. The summed E-state index contributed by atoms with van der Waals surface area (Å²) in [6, 6.07) is 1.32. The van der Waals surface area contributed by atoms with Crippen LogP contribution in [0.5, 0.6) is 0 Å². The molecule has 0 spiro atoms. The number of aryl methyl sites for hydroxylation is 2. The van der Waals surface area contributed by atoms with Gasteiger partial charge in [-0.2, -0.15) is 4.98 Å². The first-order valence-electron chi connectivity index (χ1n) is 11.4. The lowest BCUT2D eigenvalue weighted by molar-refractivity contribution is 0.00446. The number of fused-ring (bicyclic) bond motifs is 1. The van der Waals surface area contributed by atoms with Crippen molar-refractivity contribution in [2.75, 3.05) is 17.2 Å². The van der Waals surface area contributed by atoms with Crippen molar-refractivity contribution in [3.05, 3.63) is 23.7 Å². The summed E-state index contributed by atoms with van der Waals surface area (Å²) >= 11 is 1.52. The van der Waals surface area contributed by atoms with E-state index < -0.39 is 29.7 Å². The van der Waals surface area contributed by atoms with Crippen LogP contribution in [-0.2, 0) is 0 Å². The van der Waals surface area contributed by atoms with E-state index in [1.54, 1.807) is 6.20 Å². The van der Waals surface area contributed by atoms with E-state index in [0.717, 1.165) is 26.5 Å². The van der Waals surface area contributed by atoms with E-state index >= 15 is 0 Å². The third-order valence-electron chi connectivity index (χ3n) is 6.61. The number of hydrogen-bond donors (Lipinski definition) is 6. The molecule has 5 atom stereocenters. The first-order valence-corrected chi connectivity index (χ1v) is 12.2. The zero-order chi connectivity index (χ0) is 24.8. The molecule has 0 aliphatic heterocycles. The van der Waals surface area contributed by atoms with Crippen LogP contribution in [0, 0.1) is 19.8 Å². The van der Waals surface area contributed by atoms with Gasteiger partial charge in [0.05, 0.1) is 33.8 Å². The standard InChI is InChI=1S/C23H33N7O3S/c1-10-16(21-29-17-11(2)25-7-6-15(17)34-21)20(28-14-8-13(9-31)18(32)19(14)33)30-22(26-10)27-12(3)23(4,5)24/h6-7,12-14,18-19,31-33H,8-9,24H2,1-5H3,(H2,26,27,28,30)/t12-,13-,14-,18-,19+/m1/s1. The molecule has 34 heavy (non-hydrogen) atoms. The molecule has 184 valence electrons. The van der Waals surface area contributed by atoms with Gasteiger partial charge in [-0.3, -0.25) is 4.98 Å². The van der Waals surface area contributed by atoms with Crippen molar-refractivity contribution >= 4 is 33.3 Å². The number of aliphatic hydroxyl groups excluding tert-OH is 3. The van der Waals surface area contributed by atoms with Gasteiger partial charge >= 0.3 is 0 Å². The number of anilines is 2. The smallest absolute Gasteiger partial charge is 0.225 e. The molecule has 3 aromatic heterocycles. The lowest BCUT2D eigenvalue weighted by atomic mass is 9.98. The Morgan fingerprint density at radius 3 is 2.53 bits per heavy atom. The molecule has 0 bridgehead atoms. The zero-order valence-corrected chi connectivity index (χ0v) is 20.9. The Balaban J connectivity index is 1.78. The van der Waals surface area contributed by atoms with Gasteiger partial charge in [-0.1, -0.05) is 0 Å². The maximum atomic E-state index is 10.6. The third kappa shape index (κ3) is 4.71. The van der Waals surface area contributed by atoms with Gasteiger partial charge < -0.3 is 31.7 Å². The second-order valence-electron chi connectivity index (χ2n) is 9.72. The Morgan fingerprint density at radius 2 is 1.91 bits per heavy atom. The minimum Gasteiger partial charge on any atom is -0.396 e. The molecule has 7 N–H and O–H groups in total. The van der Waals surface area contributed by atoms with Gasteiger partial charge in [0.25, 0.3) is 0 Å². The van der Waals surface area contributed by atoms with Crippen LogP contribution >= 0.6 is 11.3 Å². The quantitative estimate of drug-likeness (QED) is 0.290. The molecule has 3 aromatic rings. The van der Waals surface area contributed by atoms with E-state index in [-0.39, 0.29) is 12.6 Å². The number of thiazole rings is 1. The number of hydrogen-bond acceptors (Lipinski definition) is 11. The highest BCUT2D eigenvalue weighted by molar-refractivity contribution is 7.21. The van der Waals surface area contributed by atoms with E-state index in [4.69, 9.17) is 15.7 Å². The lowest BCUT2D eigenvalue weighted by Crippen LogP contribution is -2.47. The molecule has 0 aromatic carbocycles. The second kappa shape index (κ2) is 9.31. The Bertz CT molecular complexity index is 1180. The Labute approximate surface area is 202 Å². The van der Waals surface area contributed by atoms with Crippen LogP contribution in [0.2, 0.25) is 0 Å². The van der Waals surface area contributed by atoms with Crippen molar-refractivity contribution in [3.63, 3.8) is 0 Å². The molecular formula is C23H33N7O3S. The predicted molar refractivity (Wildman–Crippen MR) is 134 cm³/mol. The van der Waals surface area contributed by atoms with E-state index in [0.29, 0.717) is 23.9 Å². The van der Waals surface area contributed by atoms with Gasteiger partial charge in [0.15, 0.2) is 0 Å². The van der Waals surface area contributed by atoms with Crippen LogP contribution in [0.4, 0.5) is 11.8 Å². The van der Waals surface area contributed by atoms with Crippen molar-refractivity contribution < 1.29 is 15.3 Å². The van der Waals surface area contributed by atoms with Crippen LogP contribution in [0.3, 0.4) is 0 Å². The Kier molecular flexibility index (Phi) is 6.76. The Morgan fingerprint density at radius 1 is 1.18 bits per heavy atom. The topological polar surface area (TPSA) is 162 Å². The average Bonchev–Trinajstić information content (AvgIpc) is 3.30. The molecule has 4 rings (SSSR count). The molecule has 3 heterocycles. The van der Waals surface area contributed by atoms with Crippen LogP contribution in [0.15, 0.2) is 12.3 Å². The second-order valence-corrected chi connectivity index (χ2v) is 10.7. The first kappa shape index (κ1) is 24.7. The number of aromatic nitrogens is 4. The fourth-order valence-electron chi connectivity index (χ4n) is 4.09. The van der Waals surface area contributed by atoms with Crippen molar-refractivity contribution in [2.24, 2.45) is 11.7 Å². The molecule has 0 unspecified atom stereocenters. The van der Waals surface area contributed by atoms with Crippen LogP contribution < -0.4 is 16.4 Å². The number of nitrogens with zero attached hydrogens (tertiary/aromatic N) is 4. The van der Waals surface area contributed by atoms with Crippen LogP contribution in [0.25, 0.3) is 20.8 Å². The maximum absolute atomic E-state index is 10.6. The normalized spacial score (nSPS) is 23.9. The largest absolute Gasteiger partial charge is 0.396 e. The highest BCUT2D eigenvalue weighted by Gasteiger charge is 2.41. The molecule has 0 saturated heterocycles. The van der Waals surface area contributed by atoms with E-state index in [1.807, 2.05) is 40.7 Å². The monoisotopic (exact) mass is 487 g/mol. The van der Waals surface area contributed by atoms with Crippen molar-refractivity contribution in [1.82, 2.24) is 19.9 Å². The predicted octanol–water partition coefficient (Wildman–Crippen LogP) is 1.82. The number of aliphatic hydroxyl groups is 3. The van der Waals surface area contributed by atoms with Gasteiger partial charge in [-0.25, -0.2) is 9.97 Å². The fourth-order valence-corrected chi connectivity index (χ4v) is 5.20. The zero-order valence-electron chi connectivity index (χ0n) is 20.1. The molecule has 0 radical (unpaired) electrons. The first-order chi connectivity index (χ1) is 16.0. The summed E-state index contributed by atoms with van der Waals surface area (Å²) < 4.78 is 1.00. The van der Waals surface area contributed by atoms with Gasteiger partial charge in [0, 0.05) is 30.3 Å². The summed E-state index contributed by atoms with van der Waals surface area (Å²) in [4.78, 5) is 18.6. The number of rotatable bonds is 7. The van der Waals surface area contributed by atoms with Crippen LogP contribution in [-0.4, -0.2) is 71.7 Å². The molecule has 1 fully saturated rings.